The molecule has 5 heteroatoms. The first-order valence-electron chi connectivity index (χ1n) is 4.97. The van der Waals surface area contributed by atoms with Crippen molar-refractivity contribution in [2.75, 3.05) is 25.5 Å². The highest BCUT2D eigenvalue weighted by Crippen LogP contribution is 2.22. The van der Waals surface area contributed by atoms with Crippen LogP contribution in [0.25, 0.3) is 0 Å². The Morgan fingerprint density at radius 1 is 1.56 bits per heavy atom. The molecule has 0 fully saturated rings. The highest BCUT2D eigenvalue weighted by Gasteiger charge is 2.06. The minimum absolute atomic E-state index is 0.182. The van der Waals surface area contributed by atoms with Crippen LogP contribution in [0.4, 0.5) is 5.69 Å². The summed E-state index contributed by atoms with van der Waals surface area (Å²) in [5.41, 5.74) is 7.03. The number of nitrogens with two attached hydrogens (primary N) is 1. The number of carbonyl (C=O) groups excluding carboxylic acids is 1. The number of nitrogens with zero attached hydrogens (tertiary/aromatic N) is 1. The Bertz CT molecular complexity index is 381. The van der Waals surface area contributed by atoms with Gasteiger partial charge in [0.25, 0.3) is 0 Å². The molecule has 0 aliphatic carbocycles. The second-order valence-electron chi connectivity index (χ2n) is 3.63. The van der Waals surface area contributed by atoms with Gasteiger partial charge in [-0.1, -0.05) is 17.7 Å². The summed E-state index contributed by atoms with van der Waals surface area (Å²) in [5, 5.41) is 3.72. The van der Waals surface area contributed by atoms with E-state index in [4.69, 9.17) is 17.3 Å². The van der Waals surface area contributed by atoms with E-state index in [0.29, 0.717) is 5.02 Å². The van der Waals surface area contributed by atoms with Crippen LogP contribution in [0.5, 0.6) is 0 Å². The molecule has 0 saturated heterocycles. The summed E-state index contributed by atoms with van der Waals surface area (Å²) < 4.78 is 0. The maximum Gasteiger partial charge on any atom is 0.236 e. The molecule has 0 spiro atoms. The third-order valence-electron chi connectivity index (χ3n) is 2.24. The average molecular weight is 242 g/mol. The Balaban J connectivity index is 2.83. The van der Waals surface area contributed by atoms with E-state index in [1.165, 1.54) is 0 Å². The summed E-state index contributed by atoms with van der Waals surface area (Å²) >= 11 is 6.11. The molecule has 16 heavy (non-hydrogen) atoms. The van der Waals surface area contributed by atoms with E-state index in [2.05, 4.69) is 5.32 Å². The predicted octanol–water partition coefficient (Wildman–Crippen LogP) is 0.981. The number of halogens is 1. The maximum absolute atomic E-state index is 10.8. The van der Waals surface area contributed by atoms with Gasteiger partial charge in [-0.2, -0.15) is 0 Å². The van der Waals surface area contributed by atoms with Gasteiger partial charge in [0.05, 0.1) is 6.54 Å². The monoisotopic (exact) mass is 241 g/mol. The van der Waals surface area contributed by atoms with Gasteiger partial charge in [0.15, 0.2) is 0 Å². The molecule has 0 aromatic heterocycles. The van der Waals surface area contributed by atoms with Gasteiger partial charge in [0.1, 0.15) is 0 Å². The first-order chi connectivity index (χ1) is 7.54. The Morgan fingerprint density at radius 2 is 2.25 bits per heavy atom. The van der Waals surface area contributed by atoms with Crippen LogP contribution in [0.2, 0.25) is 5.02 Å². The SMILES string of the molecule is CNCc1ccc(N(C)CC(N)=O)cc1Cl. The first-order valence-corrected chi connectivity index (χ1v) is 5.35. The minimum Gasteiger partial charge on any atom is -0.368 e. The Morgan fingerprint density at radius 3 is 2.75 bits per heavy atom. The number of likely N-dealkylation sites (N-methyl/N-ethyl adjacent to an activating group) is 1. The predicted molar refractivity (Wildman–Crippen MR) is 66.7 cm³/mol. The smallest absolute Gasteiger partial charge is 0.236 e. The fourth-order valence-electron chi connectivity index (χ4n) is 1.43. The normalized spacial score (nSPS) is 10.2. The van der Waals surface area contributed by atoms with Crippen LogP contribution in [0.15, 0.2) is 18.2 Å². The molecule has 0 unspecified atom stereocenters. The lowest BCUT2D eigenvalue weighted by Crippen LogP contribution is -2.30. The maximum atomic E-state index is 10.8. The second kappa shape index (κ2) is 5.72. The fraction of sp³-hybridized carbons (Fsp3) is 0.364. The van der Waals surface area contributed by atoms with Gasteiger partial charge in [-0.15, -0.1) is 0 Å². The number of primary amides is 1. The van der Waals surface area contributed by atoms with Gasteiger partial charge < -0.3 is 16.0 Å². The minimum atomic E-state index is -0.363. The van der Waals surface area contributed by atoms with Crippen LogP contribution in [-0.2, 0) is 11.3 Å². The fourth-order valence-corrected chi connectivity index (χ4v) is 1.67. The van der Waals surface area contributed by atoms with E-state index in [1.807, 2.05) is 25.2 Å². The molecule has 0 heterocycles. The quantitative estimate of drug-likeness (QED) is 0.808. The zero-order valence-corrected chi connectivity index (χ0v) is 10.2. The number of amides is 1. The number of nitrogens with one attached hydrogen (secondary N) is 1. The van der Waals surface area contributed by atoms with E-state index < -0.39 is 0 Å². The lowest BCUT2D eigenvalue weighted by molar-refractivity contribution is -0.116. The Labute approximate surface area is 100 Å². The van der Waals surface area contributed by atoms with Gasteiger partial charge in [0, 0.05) is 24.3 Å². The lowest BCUT2D eigenvalue weighted by atomic mass is 10.2. The van der Waals surface area contributed by atoms with E-state index in [0.717, 1.165) is 17.8 Å². The van der Waals surface area contributed by atoms with Gasteiger partial charge in [-0.05, 0) is 24.7 Å². The van der Waals surface area contributed by atoms with Crippen molar-refractivity contribution < 1.29 is 4.79 Å². The number of hydrogen-bond acceptors (Lipinski definition) is 3. The highest BCUT2D eigenvalue weighted by atomic mass is 35.5. The summed E-state index contributed by atoms with van der Waals surface area (Å²) in [5.74, 6) is -0.363. The standard InChI is InChI=1S/C11H16ClN3O/c1-14-6-8-3-4-9(5-10(8)12)15(2)7-11(13)16/h3-5,14H,6-7H2,1-2H3,(H2,13,16). The number of anilines is 1. The van der Waals surface area contributed by atoms with E-state index in [1.54, 1.807) is 11.9 Å². The lowest BCUT2D eigenvalue weighted by Gasteiger charge is -2.18. The first kappa shape index (κ1) is 12.8. The van der Waals surface area contributed by atoms with Gasteiger partial charge >= 0.3 is 0 Å². The van der Waals surface area contributed by atoms with Crippen molar-refractivity contribution in [1.82, 2.24) is 5.32 Å². The molecule has 1 aromatic rings. The number of hydrogen-bond donors (Lipinski definition) is 2. The van der Waals surface area contributed by atoms with Crippen molar-refractivity contribution in [3.63, 3.8) is 0 Å². The number of rotatable bonds is 5. The third kappa shape index (κ3) is 3.40. The van der Waals surface area contributed by atoms with Crippen molar-refractivity contribution in [2.24, 2.45) is 5.73 Å². The molecule has 0 aliphatic heterocycles. The van der Waals surface area contributed by atoms with Gasteiger partial charge in [-0.25, -0.2) is 0 Å². The Kier molecular flexibility index (Phi) is 4.58. The molecule has 0 aliphatic rings. The third-order valence-corrected chi connectivity index (χ3v) is 2.59. The zero-order chi connectivity index (χ0) is 12.1. The number of carbonyl (C=O) groups is 1. The van der Waals surface area contributed by atoms with Crippen LogP contribution >= 0.6 is 11.6 Å². The molecule has 88 valence electrons. The van der Waals surface area contributed by atoms with Crippen LogP contribution in [0, 0.1) is 0 Å². The molecule has 1 rings (SSSR count). The van der Waals surface area contributed by atoms with Crippen LogP contribution in [0.3, 0.4) is 0 Å². The molecule has 0 saturated carbocycles. The molecule has 0 bridgehead atoms. The van der Waals surface area contributed by atoms with Crippen molar-refractivity contribution >= 4 is 23.2 Å². The van der Waals surface area contributed by atoms with Crippen molar-refractivity contribution in [3.05, 3.63) is 28.8 Å². The Hall–Kier alpha value is -1.26. The van der Waals surface area contributed by atoms with Gasteiger partial charge in [-0.3, -0.25) is 4.79 Å². The number of benzene rings is 1. The second-order valence-corrected chi connectivity index (χ2v) is 4.04. The van der Waals surface area contributed by atoms with Gasteiger partial charge in [0.2, 0.25) is 5.91 Å². The molecular formula is C11H16ClN3O. The van der Waals surface area contributed by atoms with Crippen molar-refractivity contribution in [2.45, 2.75) is 6.54 Å². The summed E-state index contributed by atoms with van der Waals surface area (Å²) in [7, 11) is 3.66. The van der Waals surface area contributed by atoms with E-state index in [-0.39, 0.29) is 12.5 Å². The molecule has 0 radical (unpaired) electrons. The van der Waals surface area contributed by atoms with E-state index in [9.17, 15) is 4.79 Å². The molecule has 1 amide bonds. The van der Waals surface area contributed by atoms with E-state index >= 15 is 0 Å². The largest absolute Gasteiger partial charge is 0.368 e. The van der Waals surface area contributed by atoms with Crippen molar-refractivity contribution in [3.8, 4) is 0 Å². The van der Waals surface area contributed by atoms with Crippen LogP contribution < -0.4 is 16.0 Å². The highest BCUT2D eigenvalue weighted by molar-refractivity contribution is 6.31. The molecular weight excluding hydrogens is 226 g/mol. The molecule has 0 atom stereocenters. The van der Waals surface area contributed by atoms with Crippen LogP contribution in [-0.4, -0.2) is 26.5 Å². The summed E-state index contributed by atoms with van der Waals surface area (Å²) in [6.07, 6.45) is 0. The summed E-state index contributed by atoms with van der Waals surface area (Å²) in [6.45, 7) is 0.903. The van der Waals surface area contributed by atoms with Crippen LogP contribution in [0.1, 0.15) is 5.56 Å². The summed E-state index contributed by atoms with van der Waals surface area (Å²) in [4.78, 5) is 12.5. The van der Waals surface area contributed by atoms with Crippen molar-refractivity contribution in [1.29, 1.82) is 0 Å². The molecule has 1 aromatic carbocycles. The summed E-state index contributed by atoms with van der Waals surface area (Å²) in [6, 6.07) is 5.68. The zero-order valence-electron chi connectivity index (χ0n) is 9.46. The topological polar surface area (TPSA) is 58.4 Å². The average Bonchev–Trinajstić information content (AvgIpc) is 2.20. The molecule has 3 N–H and O–H groups in total. The molecule has 4 nitrogen and oxygen atoms in total.